The molecule has 0 fully saturated rings. The average Bonchev–Trinajstić information content (AvgIpc) is 2.30. The summed E-state index contributed by atoms with van der Waals surface area (Å²) in [5, 5.41) is 3.34. The van der Waals surface area contributed by atoms with Gasteiger partial charge in [-0.05, 0) is 31.1 Å². The molecule has 0 amide bonds. The lowest BCUT2D eigenvalue weighted by Crippen LogP contribution is -2.07. The molecule has 0 aliphatic carbocycles. The minimum absolute atomic E-state index is 0.644. The highest BCUT2D eigenvalue weighted by molar-refractivity contribution is 6.17. The van der Waals surface area contributed by atoms with Crippen LogP contribution in [-0.2, 0) is 0 Å². The van der Waals surface area contributed by atoms with Gasteiger partial charge >= 0.3 is 0 Å². The molecule has 2 rings (SSSR count). The number of hydrogen-bond acceptors (Lipinski definition) is 2. The number of fused-ring (bicyclic) bond motifs is 1. The van der Waals surface area contributed by atoms with Gasteiger partial charge in [-0.1, -0.05) is 6.08 Å². The lowest BCUT2D eigenvalue weighted by molar-refractivity contribution is 0.318. The maximum Gasteiger partial charge on any atom is 0.121 e. The second-order valence-electron chi connectivity index (χ2n) is 3.87. The van der Waals surface area contributed by atoms with E-state index >= 15 is 0 Å². The molecular formula is C13H16ClNO. The zero-order chi connectivity index (χ0) is 11.4. The minimum Gasteiger partial charge on any atom is -0.493 e. The van der Waals surface area contributed by atoms with Gasteiger partial charge in [-0.25, -0.2) is 0 Å². The van der Waals surface area contributed by atoms with Crippen molar-refractivity contribution < 1.29 is 4.74 Å². The Hall–Kier alpha value is -1.15. The van der Waals surface area contributed by atoms with Crippen LogP contribution in [0, 0.1) is 0 Å². The maximum absolute atomic E-state index is 5.60. The largest absolute Gasteiger partial charge is 0.493 e. The third kappa shape index (κ3) is 2.50. The predicted molar refractivity (Wildman–Crippen MR) is 69.4 cm³/mol. The molecule has 2 nitrogen and oxygen atoms in total. The summed E-state index contributed by atoms with van der Waals surface area (Å²) < 4.78 is 5.60. The van der Waals surface area contributed by atoms with Crippen LogP contribution in [-0.4, -0.2) is 19.0 Å². The molecule has 0 aromatic heterocycles. The lowest BCUT2D eigenvalue weighted by Gasteiger charge is -2.18. The van der Waals surface area contributed by atoms with Crippen LogP contribution in [0.4, 0.5) is 5.69 Å². The summed E-state index contributed by atoms with van der Waals surface area (Å²) in [5.41, 5.74) is 3.74. The predicted octanol–water partition coefficient (Wildman–Crippen LogP) is 3.52. The third-order valence-corrected chi connectivity index (χ3v) is 2.93. The maximum atomic E-state index is 5.60. The summed E-state index contributed by atoms with van der Waals surface area (Å²) in [4.78, 5) is 0. The highest BCUT2D eigenvalue weighted by Gasteiger charge is 2.09. The van der Waals surface area contributed by atoms with Crippen LogP contribution in [0.15, 0.2) is 24.3 Å². The normalized spacial score (nSPS) is 13.8. The number of nitrogens with one attached hydrogen (secondary N) is 1. The first-order valence-corrected chi connectivity index (χ1v) is 6.08. The van der Waals surface area contributed by atoms with E-state index in [-0.39, 0.29) is 0 Å². The first-order valence-electron chi connectivity index (χ1n) is 5.55. The number of benzene rings is 1. The number of alkyl halides is 1. The van der Waals surface area contributed by atoms with Crippen molar-refractivity contribution in [1.29, 1.82) is 0 Å². The molecule has 1 aliphatic heterocycles. The Kier molecular flexibility index (Phi) is 3.73. The van der Waals surface area contributed by atoms with Crippen molar-refractivity contribution in [3.05, 3.63) is 29.8 Å². The van der Waals surface area contributed by atoms with Crippen LogP contribution in [0.25, 0.3) is 5.57 Å². The molecule has 0 spiro atoms. The molecule has 0 bridgehead atoms. The summed E-state index contributed by atoms with van der Waals surface area (Å²) in [7, 11) is 0. The van der Waals surface area contributed by atoms with Crippen LogP contribution in [0.3, 0.4) is 0 Å². The van der Waals surface area contributed by atoms with E-state index in [0.717, 1.165) is 24.4 Å². The third-order valence-electron chi connectivity index (χ3n) is 2.66. The van der Waals surface area contributed by atoms with Gasteiger partial charge in [0.2, 0.25) is 0 Å². The van der Waals surface area contributed by atoms with Crippen LogP contribution in [0.5, 0.6) is 5.75 Å². The summed E-state index contributed by atoms with van der Waals surface area (Å²) in [6, 6.07) is 6.17. The number of anilines is 1. The molecule has 1 heterocycles. The van der Waals surface area contributed by atoms with E-state index in [1.165, 1.54) is 11.1 Å². The Bertz CT molecular complexity index is 401. The van der Waals surface area contributed by atoms with E-state index in [2.05, 4.69) is 30.4 Å². The minimum atomic E-state index is 0.644. The van der Waals surface area contributed by atoms with Crippen LogP contribution < -0.4 is 10.1 Å². The van der Waals surface area contributed by atoms with E-state index in [4.69, 9.17) is 16.3 Å². The average molecular weight is 238 g/mol. The fourth-order valence-electron chi connectivity index (χ4n) is 1.77. The number of rotatable bonds is 4. The lowest BCUT2D eigenvalue weighted by atomic mass is 10.0. The molecule has 86 valence electrons. The Labute approximate surface area is 101 Å². The van der Waals surface area contributed by atoms with Gasteiger partial charge in [0, 0.05) is 29.7 Å². The first-order chi connectivity index (χ1) is 7.81. The van der Waals surface area contributed by atoms with Gasteiger partial charge in [-0.3, -0.25) is 0 Å². The molecule has 1 N–H and O–H groups in total. The monoisotopic (exact) mass is 237 g/mol. The van der Waals surface area contributed by atoms with Gasteiger partial charge in [0.1, 0.15) is 5.75 Å². The van der Waals surface area contributed by atoms with Gasteiger partial charge in [-0.15, -0.1) is 11.6 Å². The quantitative estimate of drug-likeness (QED) is 0.639. The molecule has 0 saturated carbocycles. The van der Waals surface area contributed by atoms with Crippen molar-refractivity contribution in [1.82, 2.24) is 0 Å². The number of hydrogen-bond donors (Lipinski definition) is 1. The molecule has 0 saturated heterocycles. The highest BCUT2D eigenvalue weighted by atomic mass is 35.5. The Balaban J connectivity index is 2.10. The number of halogens is 1. The van der Waals surface area contributed by atoms with Crippen molar-refractivity contribution in [2.75, 3.05) is 24.3 Å². The highest BCUT2D eigenvalue weighted by Crippen LogP contribution is 2.30. The molecule has 1 aromatic rings. The van der Waals surface area contributed by atoms with E-state index in [9.17, 15) is 0 Å². The Morgan fingerprint density at radius 3 is 3.12 bits per heavy atom. The van der Waals surface area contributed by atoms with Crippen molar-refractivity contribution in [2.24, 2.45) is 0 Å². The number of ether oxygens (including phenoxy) is 1. The summed E-state index contributed by atoms with van der Waals surface area (Å²) in [6.07, 6.45) is 3.07. The zero-order valence-electron chi connectivity index (χ0n) is 9.42. The van der Waals surface area contributed by atoms with Crippen LogP contribution in [0.1, 0.15) is 18.9 Å². The summed E-state index contributed by atoms with van der Waals surface area (Å²) in [5.74, 6) is 1.55. The SMILES string of the molecule is CC1=CCNc2cc(OCCCCl)ccc21. The van der Waals surface area contributed by atoms with E-state index in [1.54, 1.807) is 0 Å². The molecule has 0 atom stereocenters. The molecule has 1 aromatic carbocycles. The smallest absolute Gasteiger partial charge is 0.121 e. The zero-order valence-corrected chi connectivity index (χ0v) is 10.2. The van der Waals surface area contributed by atoms with Gasteiger partial charge in [0.25, 0.3) is 0 Å². The standard InChI is InChI=1S/C13H16ClNO/c1-10-5-7-15-13-9-11(3-4-12(10)13)16-8-2-6-14/h3-5,9,15H,2,6-8H2,1H3. The summed E-state index contributed by atoms with van der Waals surface area (Å²) in [6.45, 7) is 3.70. The number of allylic oxidation sites excluding steroid dienone is 1. The Morgan fingerprint density at radius 2 is 2.31 bits per heavy atom. The van der Waals surface area contributed by atoms with Gasteiger partial charge in [0.15, 0.2) is 0 Å². The van der Waals surface area contributed by atoms with E-state index in [1.807, 2.05) is 6.07 Å². The topological polar surface area (TPSA) is 21.3 Å². The molecule has 16 heavy (non-hydrogen) atoms. The van der Waals surface area contributed by atoms with Crippen molar-refractivity contribution in [3.63, 3.8) is 0 Å². The Morgan fingerprint density at radius 1 is 1.44 bits per heavy atom. The molecule has 3 heteroatoms. The molecule has 0 radical (unpaired) electrons. The van der Waals surface area contributed by atoms with Crippen molar-refractivity contribution in [3.8, 4) is 5.75 Å². The van der Waals surface area contributed by atoms with E-state index < -0.39 is 0 Å². The van der Waals surface area contributed by atoms with Crippen molar-refractivity contribution >= 4 is 22.9 Å². The van der Waals surface area contributed by atoms with Gasteiger partial charge in [-0.2, -0.15) is 0 Å². The molecule has 0 unspecified atom stereocenters. The van der Waals surface area contributed by atoms with Gasteiger partial charge in [0.05, 0.1) is 6.61 Å². The second-order valence-corrected chi connectivity index (χ2v) is 4.24. The van der Waals surface area contributed by atoms with Gasteiger partial charge < -0.3 is 10.1 Å². The molecular weight excluding hydrogens is 222 g/mol. The summed E-state index contributed by atoms with van der Waals surface area (Å²) >= 11 is 5.60. The van der Waals surface area contributed by atoms with Crippen molar-refractivity contribution in [2.45, 2.75) is 13.3 Å². The van der Waals surface area contributed by atoms with Crippen LogP contribution >= 0.6 is 11.6 Å². The van der Waals surface area contributed by atoms with Crippen LogP contribution in [0.2, 0.25) is 0 Å². The van der Waals surface area contributed by atoms with E-state index in [0.29, 0.717) is 12.5 Å². The fourth-order valence-corrected chi connectivity index (χ4v) is 1.88. The first kappa shape index (κ1) is 11.3. The second kappa shape index (κ2) is 5.26. The fraction of sp³-hybridized carbons (Fsp3) is 0.385. The molecule has 1 aliphatic rings.